The van der Waals surface area contributed by atoms with E-state index in [-0.39, 0.29) is 0 Å². The minimum atomic E-state index is 0.564. The molecule has 1 aromatic carbocycles. The molecule has 2 heteroatoms. The van der Waals surface area contributed by atoms with Crippen LogP contribution >= 0.6 is 0 Å². The summed E-state index contributed by atoms with van der Waals surface area (Å²) < 4.78 is 0. The minimum absolute atomic E-state index is 0.564. The van der Waals surface area contributed by atoms with Gasteiger partial charge in [-0.05, 0) is 48.9 Å². The summed E-state index contributed by atoms with van der Waals surface area (Å²) >= 11 is 0. The molecule has 1 aromatic rings. The van der Waals surface area contributed by atoms with Gasteiger partial charge in [0.25, 0.3) is 0 Å². The highest BCUT2D eigenvalue weighted by Gasteiger charge is 2.37. The maximum atomic E-state index is 3.85. The SMILES string of the molecule is C=Cc1cccc(CN2CCC[C@@]3(CCNC3)C2)c1. The summed E-state index contributed by atoms with van der Waals surface area (Å²) in [5, 5.41) is 3.55. The van der Waals surface area contributed by atoms with Crippen molar-refractivity contribution in [2.24, 2.45) is 5.41 Å². The summed E-state index contributed by atoms with van der Waals surface area (Å²) in [5.41, 5.74) is 3.21. The number of nitrogens with zero attached hydrogens (tertiary/aromatic N) is 1. The lowest BCUT2D eigenvalue weighted by atomic mass is 9.79. The van der Waals surface area contributed by atoms with Crippen molar-refractivity contribution in [3.63, 3.8) is 0 Å². The van der Waals surface area contributed by atoms with Crippen molar-refractivity contribution in [2.75, 3.05) is 26.2 Å². The highest BCUT2D eigenvalue weighted by Crippen LogP contribution is 2.35. The molecule has 0 radical (unpaired) electrons. The first kappa shape index (κ1) is 12.9. The van der Waals surface area contributed by atoms with E-state index in [1.54, 1.807) is 0 Å². The summed E-state index contributed by atoms with van der Waals surface area (Å²) in [5.74, 6) is 0. The van der Waals surface area contributed by atoms with E-state index in [1.165, 1.54) is 56.6 Å². The molecular weight excluding hydrogens is 232 g/mol. The molecular formula is C17H24N2. The number of hydrogen-bond acceptors (Lipinski definition) is 2. The second-order valence-electron chi connectivity index (χ2n) is 6.19. The largest absolute Gasteiger partial charge is 0.316 e. The third kappa shape index (κ3) is 2.90. The molecule has 0 saturated carbocycles. The Morgan fingerprint density at radius 3 is 3.11 bits per heavy atom. The monoisotopic (exact) mass is 256 g/mol. The van der Waals surface area contributed by atoms with Crippen molar-refractivity contribution in [3.8, 4) is 0 Å². The van der Waals surface area contributed by atoms with E-state index in [0.717, 1.165) is 6.54 Å². The lowest BCUT2D eigenvalue weighted by Crippen LogP contribution is -2.43. The first-order chi connectivity index (χ1) is 9.30. The van der Waals surface area contributed by atoms with Gasteiger partial charge in [-0.15, -0.1) is 0 Å². The van der Waals surface area contributed by atoms with Gasteiger partial charge in [-0.3, -0.25) is 4.90 Å². The molecule has 0 aromatic heterocycles. The molecule has 2 saturated heterocycles. The zero-order valence-electron chi connectivity index (χ0n) is 11.7. The molecule has 2 heterocycles. The topological polar surface area (TPSA) is 15.3 Å². The summed E-state index contributed by atoms with van der Waals surface area (Å²) in [6.45, 7) is 9.88. The van der Waals surface area contributed by atoms with Gasteiger partial charge in [-0.1, -0.05) is 36.9 Å². The molecule has 0 unspecified atom stereocenters. The number of piperidine rings is 1. The molecule has 1 N–H and O–H groups in total. The molecule has 19 heavy (non-hydrogen) atoms. The average molecular weight is 256 g/mol. The summed E-state index contributed by atoms with van der Waals surface area (Å²) in [7, 11) is 0. The molecule has 2 aliphatic heterocycles. The summed E-state index contributed by atoms with van der Waals surface area (Å²) in [6, 6.07) is 8.76. The molecule has 1 atom stereocenters. The average Bonchev–Trinajstić information content (AvgIpc) is 2.87. The maximum Gasteiger partial charge on any atom is 0.0234 e. The molecule has 2 aliphatic rings. The van der Waals surface area contributed by atoms with Gasteiger partial charge in [-0.2, -0.15) is 0 Å². The summed E-state index contributed by atoms with van der Waals surface area (Å²) in [4.78, 5) is 2.64. The predicted molar refractivity (Wildman–Crippen MR) is 81.0 cm³/mol. The fourth-order valence-corrected chi connectivity index (χ4v) is 3.67. The van der Waals surface area contributed by atoms with Crippen LogP contribution in [0.4, 0.5) is 0 Å². The summed E-state index contributed by atoms with van der Waals surface area (Å²) in [6.07, 6.45) is 6.05. The highest BCUT2D eigenvalue weighted by atomic mass is 15.1. The zero-order valence-corrected chi connectivity index (χ0v) is 11.7. The molecule has 2 nitrogen and oxygen atoms in total. The lowest BCUT2D eigenvalue weighted by molar-refractivity contribution is 0.0978. The van der Waals surface area contributed by atoms with Gasteiger partial charge in [0, 0.05) is 19.6 Å². The predicted octanol–water partition coefficient (Wildman–Crippen LogP) is 2.91. The van der Waals surface area contributed by atoms with Crippen LogP contribution in [0.25, 0.3) is 6.08 Å². The van der Waals surface area contributed by atoms with Crippen molar-refractivity contribution in [3.05, 3.63) is 42.0 Å². The van der Waals surface area contributed by atoms with Crippen LogP contribution in [0.3, 0.4) is 0 Å². The van der Waals surface area contributed by atoms with Gasteiger partial charge >= 0.3 is 0 Å². The van der Waals surface area contributed by atoms with Gasteiger partial charge in [0.2, 0.25) is 0 Å². The Balaban J connectivity index is 1.67. The van der Waals surface area contributed by atoms with E-state index in [0.29, 0.717) is 5.41 Å². The van der Waals surface area contributed by atoms with E-state index >= 15 is 0 Å². The minimum Gasteiger partial charge on any atom is -0.316 e. The number of likely N-dealkylation sites (tertiary alicyclic amines) is 1. The number of rotatable bonds is 3. The first-order valence-corrected chi connectivity index (χ1v) is 7.44. The van der Waals surface area contributed by atoms with Gasteiger partial charge < -0.3 is 5.32 Å². The molecule has 1 spiro atoms. The Hall–Kier alpha value is -1.12. The van der Waals surface area contributed by atoms with Crippen LogP contribution in [0.5, 0.6) is 0 Å². The first-order valence-electron chi connectivity index (χ1n) is 7.44. The quantitative estimate of drug-likeness (QED) is 0.894. The molecule has 0 bridgehead atoms. The van der Waals surface area contributed by atoms with Crippen LogP contribution in [-0.4, -0.2) is 31.1 Å². The molecule has 102 valence electrons. The highest BCUT2D eigenvalue weighted by molar-refractivity contribution is 5.47. The second kappa shape index (κ2) is 5.48. The molecule has 0 amide bonds. The van der Waals surface area contributed by atoms with Crippen LogP contribution in [0.2, 0.25) is 0 Å². The van der Waals surface area contributed by atoms with E-state index < -0.39 is 0 Å². The Bertz CT molecular complexity index is 446. The number of hydrogen-bond donors (Lipinski definition) is 1. The van der Waals surface area contributed by atoms with Gasteiger partial charge in [0.05, 0.1) is 0 Å². The van der Waals surface area contributed by atoms with Crippen molar-refractivity contribution >= 4 is 6.08 Å². The lowest BCUT2D eigenvalue weighted by Gasteiger charge is -2.40. The van der Waals surface area contributed by atoms with Crippen molar-refractivity contribution in [1.29, 1.82) is 0 Å². The zero-order chi connectivity index (χ0) is 13.1. The third-order valence-electron chi connectivity index (χ3n) is 4.67. The Labute approximate surface area is 116 Å². The molecule has 3 rings (SSSR count). The fourth-order valence-electron chi connectivity index (χ4n) is 3.67. The van der Waals surface area contributed by atoms with Gasteiger partial charge in [0.1, 0.15) is 0 Å². The van der Waals surface area contributed by atoms with Crippen LogP contribution < -0.4 is 5.32 Å². The van der Waals surface area contributed by atoms with E-state index in [1.807, 2.05) is 6.08 Å². The molecule has 0 aliphatic carbocycles. The Kier molecular flexibility index (Phi) is 3.72. The Morgan fingerprint density at radius 2 is 2.32 bits per heavy atom. The van der Waals surface area contributed by atoms with Crippen molar-refractivity contribution in [1.82, 2.24) is 10.2 Å². The van der Waals surface area contributed by atoms with Gasteiger partial charge in [-0.25, -0.2) is 0 Å². The number of benzene rings is 1. The van der Waals surface area contributed by atoms with E-state index in [2.05, 4.69) is 41.1 Å². The number of nitrogens with one attached hydrogen (secondary N) is 1. The third-order valence-corrected chi connectivity index (χ3v) is 4.67. The van der Waals surface area contributed by atoms with Crippen LogP contribution in [-0.2, 0) is 6.54 Å². The fraction of sp³-hybridized carbons (Fsp3) is 0.529. The Morgan fingerprint density at radius 1 is 1.37 bits per heavy atom. The van der Waals surface area contributed by atoms with Crippen molar-refractivity contribution < 1.29 is 0 Å². The van der Waals surface area contributed by atoms with Crippen molar-refractivity contribution in [2.45, 2.75) is 25.8 Å². The van der Waals surface area contributed by atoms with E-state index in [9.17, 15) is 0 Å². The van der Waals surface area contributed by atoms with Crippen LogP contribution in [0.15, 0.2) is 30.8 Å². The maximum absolute atomic E-state index is 3.85. The van der Waals surface area contributed by atoms with Gasteiger partial charge in [0.15, 0.2) is 0 Å². The van der Waals surface area contributed by atoms with Crippen LogP contribution in [0.1, 0.15) is 30.4 Å². The standard InChI is InChI=1S/C17H24N2/c1-2-15-5-3-6-16(11-15)12-19-10-4-7-17(14-19)8-9-18-13-17/h2-3,5-6,11,18H,1,4,7-10,12-14H2/t17-/m0/s1. The van der Waals surface area contributed by atoms with Crippen LogP contribution in [0, 0.1) is 5.41 Å². The second-order valence-corrected chi connectivity index (χ2v) is 6.19. The smallest absolute Gasteiger partial charge is 0.0234 e. The molecule has 2 fully saturated rings. The normalized spacial score (nSPS) is 27.8. The van der Waals surface area contributed by atoms with E-state index in [4.69, 9.17) is 0 Å².